The predicted molar refractivity (Wildman–Crippen MR) is 82.2 cm³/mol. The number of carbonyl (C=O) groups is 1. The van der Waals surface area contributed by atoms with Gasteiger partial charge in [0.15, 0.2) is 5.58 Å². The maximum absolute atomic E-state index is 12.4. The second-order valence-corrected chi connectivity index (χ2v) is 5.05. The minimum absolute atomic E-state index is 0.0789. The first-order valence-electron chi connectivity index (χ1n) is 7.11. The number of amides is 1. The minimum Gasteiger partial charge on any atom is -0.460 e. The Morgan fingerprint density at radius 2 is 2.00 bits per heavy atom. The molecule has 2 aromatic heterocycles. The number of fused-ring (bicyclic) bond motifs is 1. The predicted octanol–water partition coefficient (Wildman–Crippen LogP) is 3.49. The third kappa shape index (κ3) is 2.57. The van der Waals surface area contributed by atoms with E-state index in [1.165, 1.54) is 0 Å². The van der Waals surface area contributed by atoms with Gasteiger partial charge < -0.3 is 14.3 Å². The molecule has 0 unspecified atom stereocenters. The molecule has 0 aliphatic rings. The Morgan fingerprint density at radius 1 is 1.24 bits per heavy atom. The zero-order chi connectivity index (χ0) is 14.8. The lowest BCUT2D eigenvalue weighted by Gasteiger charge is -2.08. The van der Waals surface area contributed by atoms with Gasteiger partial charge in [0.1, 0.15) is 11.5 Å². The van der Waals surface area contributed by atoms with Gasteiger partial charge in [0.2, 0.25) is 0 Å². The van der Waals surface area contributed by atoms with Gasteiger partial charge in [-0.05, 0) is 19.4 Å². The fraction of sp³-hybridized carbons (Fsp3) is 0.235. The molecule has 0 saturated carbocycles. The monoisotopic (exact) mass is 282 g/mol. The van der Waals surface area contributed by atoms with Crippen LogP contribution >= 0.6 is 0 Å². The molecule has 0 fully saturated rings. The van der Waals surface area contributed by atoms with Gasteiger partial charge in [-0.1, -0.05) is 30.3 Å². The van der Waals surface area contributed by atoms with Crippen molar-refractivity contribution in [2.24, 2.45) is 0 Å². The number of nitrogens with one attached hydrogen (secondary N) is 1. The van der Waals surface area contributed by atoms with Gasteiger partial charge in [-0.2, -0.15) is 0 Å². The summed E-state index contributed by atoms with van der Waals surface area (Å²) in [5.74, 6) is 0.781. The summed E-state index contributed by atoms with van der Waals surface area (Å²) in [5.41, 5.74) is 3.46. The number of nitrogens with zero attached hydrogens (tertiary/aromatic N) is 1. The average Bonchev–Trinajstić information content (AvgIpc) is 3.01. The standard InChI is InChI=1S/C17H18N2O2/c1-3-19-14-9-12(2)21-16(14)10-15(19)17(20)18-11-13-7-5-4-6-8-13/h4-10H,3,11H2,1-2H3,(H,18,20). The molecule has 1 amide bonds. The normalized spacial score (nSPS) is 11.0. The van der Waals surface area contributed by atoms with Crippen molar-refractivity contribution < 1.29 is 9.21 Å². The van der Waals surface area contributed by atoms with Crippen molar-refractivity contribution in [1.82, 2.24) is 9.88 Å². The van der Waals surface area contributed by atoms with Crippen molar-refractivity contribution in [3.63, 3.8) is 0 Å². The number of aromatic nitrogens is 1. The highest BCUT2D eigenvalue weighted by Gasteiger charge is 2.17. The van der Waals surface area contributed by atoms with E-state index in [1.54, 1.807) is 0 Å². The average molecular weight is 282 g/mol. The number of furan rings is 1. The van der Waals surface area contributed by atoms with E-state index in [2.05, 4.69) is 5.32 Å². The number of rotatable bonds is 4. The molecule has 0 atom stereocenters. The van der Waals surface area contributed by atoms with Crippen LogP contribution in [0.15, 0.2) is 46.9 Å². The summed E-state index contributed by atoms with van der Waals surface area (Å²) in [5, 5.41) is 2.95. The van der Waals surface area contributed by atoms with Crippen molar-refractivity contribution in [2.75, 3.05) is 0 Å². The van der Waals surface area contributed by atoms with Gasteiger partial charge in [0.25, 0.3) is 5.91 Å². The molecule has 3 rings (SSSR count). The third-order valence-electron chi connectivity index (χ3n) is 3.56. The molecule has 2 heterocycles. The molecule has 1 aromatic carbocycles. The van der Waals surface area contributed by atoms with Crippen LogP contribution in [0.4, 0.5) is 0 Å². The maximum atomic E-state index is 12.4. The van der Waals surface area contributed by atoms with Crippen LogP contribution < -0.4 is 5.32 Å². The highest BCUT2D eigenvalue weighted by molar-refractivity contribution is 5.97. The molecule has 0 aliphatic heterocycles. The number of hydrogen-bond donors (Lipinski definition) is 1. The lowest BCUT2D eigenvalue weighted by Crippen LogP contribution is -2.25. The summed E-state index contributed by atoms with van der Waals surface area (Å²) in [7, 11) is 0. The van der Waals surface area contributed by atoms with Crippen molar-refractivity contribution in [3.8, 4) is 0 Å². The largest absolute Gasteiger partial charge is 0.460 e. The molecule has 4 nitrogen and oxygen atoms in total. The van der Waals surface area contributed by atoms with Crippen LogP contribution in [0.5, 0.6) is 0 Å². The maximum Gasteiger partial charge on any atom is 0.268 e. The second kappa shape index (κ2) is 5.48. The summed E-state index contributed by atoms with van der Waals surface area (Å²) >= 11 is 0. The first kappa shape index (κ1) is 13.5. The van der Waals surface area contributed by atoms with Gasteiger partial charge in [-0.15, -0.1) is 0 Å². The molecule has 4 heteroatoms. The van der Waals surface area contributed by atoms with E-state index >= 15 is 0 Å². The molecular formula is C17H18N2O2. The van der Waals surface area contributed by atoms with Crippen LogP contribution in [0.25, 0.3) is 11.1 Å². The Balaban J connectivity index is 1.82. The lowest BCUT2D eigenvalue weighted by atomic mass is 10.2. The number of aryl methyl sites for hydroxylation is 2. The highest BCUT2D eigenvalue weighted by atomic mass is 16.3. The van der Waals surface area contributed by atoms with Crippen molar-refractivity contribution >= 4 is 17.0 Å². The molecule has 0 spiro atoms. The van der Waals surface area contributed by atoms with Gasteiger partial charge in [0.05, 0.1) is 5.52 Å². The van der Waals surface area contributed by atoms with Gasteiger partial charge in [0, 0.05) is 25.2 Å². The number of hydrogen-bond acceptors (Lipinski definition) is 2. The summed E-state index contributed by atoms with van der Waals surface area (Å²) in [6.07, 6.45) is 0. The lowest BCUT2D eigenvalue weighted by molar-refractivity contribution is 0.0942. The van der Waals surface area contributed by atoms with Crippen molar-refractivity contribution in [2.45, 2.75) is 26.9 Å². The Morgan fingerprint density at radius 3 is 2.71 bits per heavy atom. The zero-order valence-electron chi connectivity index (χ0n) is 12.2. The second-order valence-electron chi connectivity index (χ2n) is 5.05. The molecule has 0 aliphatic carbocycles. The first-order valence-corrected chi connectivity index (χ1v) is 7.11. The van der Waals surface area contributed by atoms with Crippen LogP contribution in [0.2, 0.25) is 0 Å². The van der Waals surface area contributed by atoms with Gasteiger partial charge in [-0.25, -0.2) is 0 Å². The summed E-state index contributed by atoms with van der Waals surface area (Å²) in [6.45, 7) is 5.19. The Labute approximate surface area is 123 Å². The van der Waals surface area contributed by atoms with Gasteiger partial charge >= 0.3 is 0 Å². The van der Waals surface area contributed by atoms with Crippen molar-refractivity contribution in [3.05, 3.63) is 59.5 Å². The molecular weight excluding hydrogens is 264 g/mol. The smallest absolute Gasteiger partial charge is 0.268 e. The quantitative estimate of drug-likeness (QED) is 0.796. The van der Waals surface area contributed by atoms with E-state index in [1.807, 2.05) is 60.9 Å². The minimum atomic E-state index is -0.0789. The van der Waals surface area contributed by atoms with E-state index in [0.717, 1.165) is 29.0 Å². The molecule has 21 heavy (non-hydrogen) atoms. The highest BCUT2D eigenvalue weighted by Crippen LogP contribution is 2.23. The van der Waals surface area contributed by atoms with Crippen LogP contribution in [0, 0.1) is 6.92 Å². The number of benzene rings is 1. The van der Waals surface area contributed by atoms with E-state index in [0.29, 0.717) is 12.2 Å². The zero-order valence-corrected chi connectivity index (χ0v) is 12.2. The van der Waals surface area contributed by atoms with E-state index in [-0.39, 0.29) is 5.91 Å². The molecule has 1 N–H and O–H groups in total. The SMILES string of the molecule is CCn1c(C(=O)NCc2ccccc2)cc2oc(C)cc21. The molecule has 108 valence electrons. The molecule has 0 bridgehead atoms. The molecule has 0 saturated heterocycles. The summed E-state index contributed by atoms with van der Waals surface area (Å²) in [6, 6.07) is 13.7. The van der Waals surface area contributed by atoms with Crippen LogP contribution in [-0.2, 0) is 13.1 Å². The van der Waals surface area contributed by atoms with Crippen molar-refractivity contribution in [1.29, 1.82) is 0 Å². The Bertz CT molecular complexity index is 769. The van der Waals surface area contributed by atoms with E-state index < -0.39 is 0 Å². The first-order chi connectivity index (χ1) is 10.2. The fourth-order valence-electron chi connectivity index (χ4n) is 2.56. The summed E-state index contributed by atoms with van der Waals surface area (Å²) in [4.78, 5) is 12.4. The van der Waals surface area contributed by atoms with E-state index in [4.69, 9.17) is 4.42 Å². The number of carbonyl (C=O) groups excluding carboxylic acids is 1. The fourth-order valence-corrected chi connectivity index (χ4v) is 2.56. The van der Waals surface area contributed by atoms with Crippen LogP contribution in [0.1, 0.15) is 28.7 Å². The van der Waals surface area contributed by atoms with Gasteiger partial charge in [-0.3, -0.25) is 4.79 Å². The Hall–Kier alpha value is -2.49. The summed E-state index contributed by atoms with van der Waals surface area (Å²) < 4.78 is 7.58. The molecule has 3 aromatic rings. The topological polar surface area (TPSA) is 47.2 Å². The molecule has 0 radical (unpaired) electrons. The van der Waals surface area contributed by atoms with Crippen LogP contribution in [-0.4, -0.2) is 10.5 Å². The third-order valence-corrected chi connectivity index (χ3v) is 3.56. The van der Waals surface area contributed by atoms with Crippen LogP contribution in [0.3, 0.4) is 0 Å². The van der Waals surface area contributed by atoms with E-state index in [9.17, 15) is 4.79 Å². The Kier molecular flexibility index (Phi) is 3.52.